The molecule has 0 bridgehead atoms. The topological polar surface area (TPSA) is 64.1 Å². The molecule has 0 atom stereocenters. The Kier molecular flexibility index (Phi) is 4.52. The average Bonchev–Trinajstić information content (AvgIpc) is 2.59. The third-order valence-corrected chi connectivity index (χ3v) is 3.84. The van der Waals surface area contributed by atoms with Crippen LogP contribution in [0.3, 0.4) is 0 Å². The predicted octanol–water partition coefficient (Wildman–Crippen LogP) is 3.79. The van der Waals surface area contributed by atoms with Crippen LogP contribution in [0.1, 0.15) is 15.9 Å². The molecule has 3 rings (SSSR count). The molecule has 0 aliphatic carbocycles. The Bertz CT molecular complexity index is 850. The first kappa shape index (κ1) is 15.4. The van der Waals surface area contributed by atoms with Gasteiger partial charge in [0.15, 0.2) is 0 Å². The summed E-state index contributed by atoms with van der Waals surface area (Å²) in [6, 6.07) is 11.1. The Morgan fingerprint density at radius 2 is 2.00 bits per heavy atom. The average molecular weight is 372 g/mol. The number of halogens is 1. The summed E-state index contributed by atoms with van der Waals surface area (Å²) in [5.74, 6) is -0.334. The van der Waals surface area contributed by atoms with Gasteiger partial charge in [-0.15, -0.1) is 0 Å². The van der Waals surface area contributed by atoms with E-state index in [1.54, 1.807) is 24.5 Å². The maximum absolute atomic E-state index is 11.4. The SMILES string of the molecule is COC(=O)c1ccc(CNc2ccnc3cc(Br)cnc23)cc1. The van der Waals surface area contributed by atoms with Gasteiger partial charge in [-0.1, -0.05) is 12.1 Å². The van der Waals surface area contributed by atoms with E-state index < -0.39 is 0 Å². The fraction of sp³-hybridized carbons (Fsp3) is 0.118. The van der Waals surface area contributed by atoms with E-state index in [4.69, 9.17) is 0 Å². The van der Waals surface area contributed by atoms with Crippen molar-refractivity contribution in [3.05, 3.63) is 64.4 Å². The molecular weight excluding hydrogens is 358 g/mol. The van der Waals surface area contributed by atoms with Crippen molar-refractivity contribution in [3.8, 4) is 0 Å². The summed E-state index contributed by atoms with van der Waals surface area (Å²) in [6.45, 7) is 0.623. The number of esters is 1. The van der Waals surface area contributed by atoms with Crippen molar-refractivity contribution >= 4 is 38.6 Å². The van der Waals surface area contributed by atoms with E-state index in [1.165, 1.54) is 7.11 Å². The molecule has 23 heavy (non-hydrogen) atoms. The zero-order chi connectivity index (χ0) is 16.2. The molecule has 0 aliphatic heterocycles. The third kappa shape index (κ3) is 3.48. The number of pyridine rings is 2. The number of hydrogen-bond acceptors (Lipinski definition) is 5. The van der Waals surface area contributed by atoms with Crippen LogP contribution in [0.5, 0.6) is 0 Å². The standard InChI is InChI=1S/C17H14BrN3O2/c1-23-17(22)12-4-2-11(3-5-12)9-20-14-6-7-19-15-8-13(18)10-21-16(14)15/h2-8,10H,9H2,1H3,(H,19,20). The largest absolute Gasteiger partial charge is 0.465 e. The van der Waals surface area contributed by atoms with Crippen LogP contribution < -0.4 is 5.32 Å². The Labute approximate surface area is 141 Å². The first-order valence-corrected chi connectivity index (χ1v) is 7.78. The van der Waals surface area contributed by atoms with Gasteiger partial charge >= 0.3 is 5.97 Å². The number of aromatic nitrogens is 2. The molecule has 2 aromatic heterocycles. The zero-order valence-electron chi connectivity index (χ0n) is 12.4. The molecule has 3 aromatic rings. The Morgan fingerprint density at radius 3 is 2.74 bits per heavy atom. The Balaban J connectivity index is 1.77. The second-order valence-electron chi connectivity index (χ2n) is 4.92. The number of carbonyl (C=O) groups excluding carboxylic acids is 1. The lowest BCUT2D eigenvalue weighted by Crippen LogP contribution is -2.03. The molecule has 1 N–H and O–H groups in total. The van der Waals surface area contributed by atoms with Crippen LogP contribution in [-0.2, 0) is 11.3 Å². The summed E-state index contributed by atoms with van der Waals surface area (Å²) in [5.41, 5.74) is 4.16. The minimum Gasteiger partial charge on any atom is -0.465 e. The molecule has 0 saturated carbocycles. The highest BCUT2D eigenvalue weighted by Crippen LogP contribution is 2.22. The summed E-state index contributed by atoms with van der Waals surface area (Å²) in [7, 11) is 1.37. The number of hydrogen-bond donors (Lipinski definition) is 1. The number of nitrogens with zero attached hydrogens (tertiary/aromatic N) is 2. The summed E-state index contributed by atoms with van der Waals surface area (Å²) in [4.78, 5) is 20.1. The predicted molar refractivity (Wildman–Crippen MR) is 92.3 cm³/mol. The molecule has 0 radical (unpaired) electrons. The van der Waals surface area contributed by atoms with Crippen LogP contribution in [0.25, 0.3) is 11.0 Å². The van der Waals surface area contributed by atoms with Crippen molar-refractivity contribution < 1.29 is 9.53 Å². The summed E-state index contributed by atoms with van der Waals surface area (Å²) < 4.78 is 5.59. The normalized spacial score (nSPS) is 10.5. The van der Waals surface area contributed by atoms with Crippen LogP contribution in [0, 0.1) is 0 Å². The number of benzene rings is 1. The lowest BCUT2D eigenvalue weighted by atomic mass is 10.1. The molecular formula is C17H14BrN3O2. The summed E-state index contributed by atoms with van der Waals surface area (Å²) in [6.07, 6.45) is 3.50. The van der Waals surface area contributed by atoms with E-state index in [0.717, 1.165) is 26.8 Å². The fourth-order valence-corrected chi connectivity index (χ4v) is 2.54. The van der Waals surface area contributed by atoms with Gasteiger partial charge in [-0.3, -0.25) is 9.97 Å². The highest BCUT2D eigenvalue weighted by atomic mass is 79.9. The van der Waals surface area contributed by atoms with E-state index in [-0.39, 0.29) is 5.97 Å². The van der Waals surface area contributed by atoms with Crippen molar-refractivity contribution in [2.24, 2.45) is 0 Å². The van der Waals surface area contributed by atoms with Gasteiger partial charge in [-0.2, -0.15) is 0 Å². The van der Waals surface area contributed by atoms with Gasteiger partial charge in [-0.05, 0) is 45.8 Å². The number of fused-ring (bicyclic) bond motifs is 1. The highest BCUT2D eigenvalue weighted by molar-refractivity contribution is 9.10. The second kappa shape index (κ2) is 6.75. The van der Waals surface area contributed by atoms with E-state index in [2.05, 4.69) is 36.0 Å². The van der Waals surface area contributed by atoms with Crippen molar-refractivity contribution in [1.82, 2.24) is 9.97 Å². The van der Waals surface area contributed by atoms with Crippen LogP contribution in [0.15, 0.2) is 53.3 Å². The van der Waals surface area contributed by atoms with Gasteiger partial charge in [0.05, 0.1) is 23.9 Å². The third-order valence-electron chi connectivity index (χ3n) is 3.40. The van der Waals surface area contributed by atoms with Gasteiger partial charge in [0, 0.05) is 23.4 Å². The van der Waals surface area contributed by atoms with Crippen LogP contribution in [0.4, 0.5) is 5.69 Å². The fourth-order valence-electron chi connectivity index (χ4n) is 2.22. The molecule has 6 heteroatoms. The molecule has 0 fully saturated rings. The highest BCUT2D eigenvalue weighted by Gasteiger charge is 2.06. The summed E-state index contributed by atoms with van der Waals surface area (Å²) >= 11 is 3.40. The molecule has 5 nitrogen and oxygen atoms in total. The van der Waals surface area contributed by atoms with Gasteiger partial charge in [0.2, 0.25) is 0 Å². The van der Waals surface area contributed by atoms with Gasteiger partial charge < -0.3 is 10.1 Å². The smallest absolute Gasteiger partial charge is 0.337 e. The molecule has 0 unspecified atom stereocenters. The zero-order valence-corrected chi connectivity index (χ0v) is 14.0. The van der Waals surface area contributed by atoms with E-state index in [1.807, 2.05) is 24.3 Å². The number of ether oxygens (including phenoxy) is 1. The minimum absolute atomic E-state index is 0.334. The van der Waals surface area contributed by atoms with Crippen LogP contribution in [-0.4, -0.2) is 23.0 Å². The monoisotopic (exact) mass is 371 g/mol. The van der Waals surface area contributed by atoms with Gasteiger partial charge in [-0.25, -0.2) is 4.79 Å². The molecule has 1 aromatic carbocycles. The van der Waals surface area contributed by atoms with Crippen molar-refractivity contribution in [1.29, 1.82) is 0 Å². The molecule has 0 aliphatic rings. The van der Waals surface area contributed by atoms with Crippen molar-refractivity contribution in [2.75, 3.05) is 12.4 Å². The molecule has 0 spiro atoms. The number of rotatable bonds is 4. The van der Waals surface area contributed by atoms with Crippen molar-refractivity contribution in [3.63, 3.8) is 0 Å². The van der Waals surface area contributed by atoms with Crippen LogP contribution in [0.2, 0.25) is 0 Å². The minimum atomic E-state index is -0.334. The molecule has 116 valence electrons. The first-order valence-electron chi connectivity index (χ1n) is 6.99. The number of anilines is 1. The van der Waals surface area contributed by atoms with Gasteiger partial charge in [0.1, 0.15) is 5.52 Å². The summed E-state index contributed by atoms with van der Waals surface area (Å²) in [5, 5.41) is 3.35. The van der Waals surface area contributed by atoms with Crippen LogP contribution >= 0.6 is 15.9 Å². The van der Waals surface area contributed by atoms with Gasteiger partial charge in [0.25, 0.3) is 0 Å². The number of nitrogens with one attached hydrogen (secondary N) is 1. The molecule has 2 heterocycles. The quantitative estimate of drug-likeness (QED) is 0.706. The number of carbonyl (C=O) groups is 1. The number of methoxy groups -OCH3 is 1. The Hall–Kier alpha value is -2.47. The molecule has 0 amide bonds. The first-order chi connectivity index (χ1) is 11.2. The van der Waals surface area contributed by atoms with E-state index >= 15 is 0 Å². The Morgan fingerprint density at radius 1 is 1.22 bits per heavy atom. The van der Waals surface area contributed by atoms with E-state index in [9.17, 15) is 4.79 Å². The maximum atomic E-state index is 11.4. The van der Waals surface area contributed by atoms with Crippen molar-refractivity contribution in [2.45, 2.75) is 6.54 Å². The van der Waals surface area contributed by atoms with E-state index in [0.29, 0.717) is 12.1 Å². The lowest BCUT2D eigenvalue weighted by Gasteiger charge is -2.09. The second-order valence-corrected chi connectivity index (χ2v) is 5.84. The lowest BCUT2D eigenvalue weighted by molar-refractivity contribution is 0.0600. The molecule has 0 saturated heterocycles. The maximum Gasteiger partial charge on any atom is 0.337 e.